The van der Waals surface area contributed by atoms with Crippen molar-refractivity contribution in [3.05, 3.63) is 47.0 Å². The molecule has 0 aliphatic heterocycles. The van der Waals surface area contributed by atoms with E-state index in [-0.39, 0.29) is 6.61 Å². The summed E-state index contributed by atoms with van der Waals surface area (Å²) in [5.74, 6) is 5.54. The largest absolute Gasteiger partial charge is 0.392 e. The van der Waals surface area contributed by atoms with Gasteiger partial charge in [0.05, 0.1) is 6.61 Å². The van der Waals surface area contributed by atoms with Crippen LogP contribution in [-0.2, 0) is 11.4 Å². The second-order valence-corrected chi connectivity index (χ2v) is 6.28. The zero-order valence-electron chi connectivity index (χ0n) is 14.3. The minimum Gasteiger partial charge on any atom is -0.392 e. The maximum Gasteiger partial charge on any atom is 0.248 e. The average molecular weight is 328 g/mol. The quantitative estimate of drug-likeness (QED) is 0.280. The molecule has 5 nitrogen and oxygen atoms in total. The number of amides is 1. The van der Waals surface area contributed by atoms with Gasteiger partial charge in [-0.25, -0.2) is 5.48 Å². The maximum absolute atomic E-state index is 11.5. The van der Waals surface area contributed by atoms with Gasteiger partial charge in [0.15, 0.2) is 0 Å². The van der Waals surface area contributed by atoms with Gasteiger partial charge in [0.2, 0.25) is 5.91 Å². The highest BCUT2D eigenvalue weighted by molar-refractivity contribution is 5.94. The molecule has 0 unspecified atom stereocenters. The first-order chi connectivity index (χ1) is 11.3. The summed E-state index contributed by atoms with van der Waals surface area (Å²) in [6.45, 7) is 5.28. The molecule has 0 spiro atoms. The first-order valence-corrected chi connectivity index (χ1v) is 7.70. The normalized spacial score (nSPS) is 11.5. The van der Waals surface area contributed by atoms with Crippen molar-refractivity contribution in [2.75, 3.05) is 0 Å². The lowest BCUT2D eigenvalue weighted by atomic mass is 9.86. The second-order valence-electron chi connectivity index (χ2n) is 6.28. The van der Waals surface area contributed by atoms with Crippen LogP contribution in [0.2, 0.25) is 0 Å². The highest BCUT2D eigenvalue weighted by Gasteiger charge is 2.26. The van der Waals surface area contributed by atoms with E-state index in [4.69, 9.17) is 15.7 Å². The molecule has 5 heteroatoms. The van der Waals surface area contributed by atoms with Crippen molar-refractivity contribution in [1.29, 1.82) is 5.41 Å². The summed E-state index contributed by atoms with van der Waals surface area (Å²) in [7, 11) is 0. The standard InChI is InChI=1S/C19H24N2O3/c1-14(4-5-15-6-8-16(13-22)9-7-15)12-17(20)10-11-19(2,3)18(23)21-24/h6-9,12,20,22,24H,10-11,13H2,1-3H3,(H,21,23)/b14-12+,20-17?. The summed E-state index contributed by atoms with van der Waals surface area (Å²) >= 11 is 0. The molecule has 0 saturated heterocycles. The minimum atomic E-state index is -0.733. The summed E-state index contributed by atoms with van der Waals surface area (Å²) in [5.41, 5.74) is 3.74. The van der Waals surface area contributed by atoms with Crippen LogP contribution < -0.4 is 5.48 Å². The SMILES string of the molecule is C/C(C#Cc1ccc(CO)cc1)=C\C(=N)CCC(C)(C)C(=O)NO. The van der Waals surface area contributed by atoms with E-state index in [1.807, 2.05) is 31.2 Å². The lowest BCUT2D eigenvalue weighted by Gasteiger charge is -2.21. The number of benzene rings is 1. The van der Waals surface area contributed by atoms with Gasteiger partial charge in [-0.1, -0.05) is 37.8 Å². The molecule has 1 amide bonds. The molecule has 0 atom stereocenters. The number of rotatable bonds is 6. The predicted molar refractivity (Wildman–Crippen MR) is 93.7 cm³/mol. The minimum absolute atomic E-state index is 0.00839. The van der Waals surface area contributed by atoms with Gasteiger partial charge >= 0.3 is 0 Å². The summed E-state index contributed by atoms with van der Waals surface area (Å²) in [6.07, 6.45) is 2.56. The van der Waals surface area contributed by atoms with Gasteiger partial charge < -0.3 is 10.5 Å². The van der Waals surface area contributed by atoms with Gasteiger partial charge in [0.1, 0.15) is 0 Å². The van der Waals surface area contributed by atoms with Crippen LogP contribution in [0.25, 0.3) is 0 Å². The fourth-order valence-corrected chi connectivity index (χ4v) is 1.95. The van der Waals surface area contributed by atoms with Gasteiger partial charge in [-0.2, -0.15) is 0 Å². The molecule has 1 aromatic carbocycles. The van der Waals surface area contributed by atoms with Crippen molar-refractivity contribution in [3.63, 3.8) is 0 Å². The van der Waals surface area contributed by atoms with E-state index in [0.29, 0.717) is 18.6 Å². The number of aliphatic hydroxyl groups is 1. The Hall–Kier alpha value is -2.42. The molecule has 0 fully saturated rings. The third-order valence-corrected chi connectivity index (χ3v) is 3.67. The molecule has 128 valence electrons. The Morgan fingerprint density at radius 2 is 1.96 bits per heavy atom. The lowest BCUT2D eigenvalue weighted by Crippen LogP contribution is -2.35. The van der Waals surface area contributed by atoms with Crippen LogP contribution in [-0.4, -0.2) is 21.9 Å². The fraction of sp³-hybridized carbons (Fsp3) is 0.368. The van der Waals surface area contributed by atoms with E-state index in [1.54, 1.807) is 25.4 Å². The molecule has 0 radical (unpaired) electrons. The number of hydrogen-bond acceptors (Lipinski definition) is 4. The Labute approximate surface area is 142 Å². The van der Waals surface area contributed by atoms with Crippen molar-refractivity contribution >= 4 is 11.6 Å². The molecule has 0 aliphatic rings. The van der Waals surface area contributed by atoms with Crippen molar-refractivity contribution in [1.82, 2.24) is 5.48 Å². The van der Waals surface area contributed by atoms with Crippen molar-refractivity contribution < 1.29 is 15.1 Å². The van der Waals surface area contributed by atoms with Crippen LogP contribution >= 0.6 is 0 Å². The van der Waals surface area contributed by atoms with Gasteiger partial charge in [-0.05, 0) is 43.5 Å². The zero-order chi connectivity index (χ0) is 18.2. The van der Waals surface area contributed by atoms with Crippen LogP contribution in [0.4, 0.5) is 0 Å². The average Bonchev–Trinajstić information content (AvgIpc) is 2.58. The summed E-state index contributed by atoms with van der Waals surface area (Å²) in [4.78, 5) is 11.5. The van der Waals surface area contributed by atoms with Crippen LogP contribution in [0.1, 0.15) is 44.7 Å². The number of hydroxylamine groups is 1. The lowest BCUT2D eigenvalue weighted by molar-refractivity contribution is -0.138. The molecule has 0 aromatic heterocycles. The molecule has 0 aliphatic carbocycles. The van der Waals surface area contributed by atoms with Crippen LogP contribution in [0, 0.1) is 22.7 Å². The molecule has 4 N–H and O–H groups in total. The van der Waals surface area contributed by atoms with Crippen LogP contribution in [0.15, 0.2) is 35.9 Å². The molecule has 0 saturated carbocycles. The van der Waals surface area contributed by atoms with Crippen molar-refractivity contribution in [2.24, 2.45) is 5.41 Å². The van der Waals surface area contributed by atoms with E-state index in [2.05, 4.69) is 11.8 Å². The third kappa shape index (κ3) is 6.37. The molecular weight excluding hydrogens is 304 g/mol. The summed E-state index contributed by atoms with van der Waals surface area (Å²) in [6, 6.07) is 7.32. The number of carbonyl (C=O) groups excluding carboxylic acids is 1. The smallest absolute Gasteiger partial charge is 0.248 e. The molecular formula is C19H24N2O3. The Kier molecular flexibility index (Phi) is 7.37. The fourth-order valence-electron chi connectivity index (χ4n) is 1.95. The van der Waals surface area contributed by atoms with Crippen molar-refractivity contribution in [3.8, 4) is 11.8 Å². The van der Waals surface area contributed by atoms with E-state index >= 15 is 0 Å². The van der Waals surface area contributed by atoms with Gasteiger partial charge in [-0.15, -0.1) is 0 Å². The first-order valence-electron chi connectivity index (χ1n) is 7.70. The topological polar surface area (TPSA) is 93.4 Å². The summed E-state index contributed by atoms with van der Waals surface area (Å²) in [5, 5.41) is 25.7. The van der Waals surface area contributed by atoms with E-state index in [9.17, 15) is 4.79 Å². The highest BCUT2D eigenvalue weighted by Crippen LogP contribution is 2.22. The van der Waals surface area contributed by atoms with Gasteiger partial charge in [0.25, 0.3) is 0 Å². The monoisotopic (exact) mass is 328 g/mol. The zero-order valence-corrected chi connectivity index (χ0v) is 14.3. The second kappa shape index (κ2) is 9.02. The van der Waals surface area contributed by atoms with Crippen molar-refractivity contribution in [2.45, 2.75) is 40.2 Å². The molecule has 0 heterocycles. The first kappa shape index (κ1) is 19.6. The van der Waals surface area contributed by atoms with E-state index < -0.39 is 11.3 Å². The Bertz CT molecular complexity index is 677. The summed E-state index contributed by atoms with van der Waals surface area (Å²) < 4.78 is 0. The van der Waals surface area contributed by atoms with Gasteiger partial charge in [0, 0.05) is 22.3 Å². The Morgan fingerprint density at radius 3 is 2.50 bits per heavy atom. The van der Waals surface area contributed by atoms with Gasteiger partial charge in [-0.3, -0.25) is 10.0 Å². The third-order valence-electron chi connectivity index (χ3n) is 3.67. The highest BCUT2D eigenvalue weighted by atomic mass is 16.5. The van der Waals surface area contributed by atoms with E-state index in [1.165, 1.54) is 0 Å². The number of allylic oxidation sites excluding steroid dienone is 2. The number of carbonyl (C=O) groups is 1. The number of nitrogens with one attached hydrogen (secondary N) is 2. The predicted octanol–water partition coefficient (Wildman–Crippen LogP) is 2.81. The Balaban J connectivity index is 2.64. The van der Waals surface area contributed by atoms with Crippen LogP contribution in [0.3, 0.4) is 0 Å². The molecule has 1 aromatic rings. The number of aliphatic hydroxyl groups excluding tert-OH is 1. The number of hydrogen-bond donors (Lipinski definition) is 4. The maximum atomic E-state index is 11.5. The Morgan fingerprint density at radius 1 is 1.33 bits per heavy atom. The van der Waals surface area contributed by atoms with E-state index in [0.717, 1.165) is 16.7 Å². The molecule has 0 bridgehead atoms. The molecule has 24 heavy (non-hydrogen) atoms. The molecule has 1 rings (SSSR count). The van der Waals surface area contributed by atoms with Crippen LogP contribution in [0.5, 0.6) is 0 Å².